The van der Waals surface area contributed by atoms with Crippen molar-refractivity contribution < 1.29 is 0 Å². The van der Waals surface area contributed by atoms with Crippen LogP contribution in [-0.4, -0.2) is 14.3 Å². The first-order chi connectivity index (χ1) is 6.66. The third-order valence-electron chi connectivity index (χ3n) is 2.52. The fourth-order valence-electron chi connectivity index (χ4n) is 1.68. The molecule has 0 spiro atoms. The standard InChI is InChI=1S/C11H15N3/c1-9-4-5-10(2)14(9)8-11-6-12-13(3)7-11/h4-7H,8H2,1-3H3. The van der Waals surface area contributed by atoms with E-state index in [4.69, 9.17) is 0 Å². The molecule has 0 aromatic carbocycles. The summed E-state index contributed by atoms with van der Waals surface area (Å²) < 4.78 is 4.13. The van der Waals surface area contributed by atoms with E-state index in [2.05, 4.69) is 41.8 Å². The fourth-order valence-corrected chi connectivity index (χ4v) is 1.68. The third kappa shape index (κ3) is 1.58. The molecule has 0 unspecified atom stereocenters. The summed E-state index contributed by atoms with van der Waals surface area (Å²) in [7, 11) is 1.94. The van der Waals surface area contributed by atoms with Crippen molar-refractivity contribution in [1.29, 1.82) is 0 Å². The van der Waals surface area contributed by atoms with Crippen LogP contribution in [0.2, 0.25) is 0 Å². The normalized spacial score (nSPS) is 10.8. The fraction of sp³-hybridized carbons (Fsp3) is 0.364. The predicted octanol–water partition coefficient (Wildman–Crippen LogP) is 1.89. The number of hydrogen-bond acceptors (Lipinski definition) is 1. The lowest BCUT2D eigenvalue weighted by molar-refractivity contribution is 0.743. The lowest BCUT2D eigenvalue weighted by Gasteiger charge is -2.06. The van der Waals surface area contributed by atoms with Crippen LogP contribution >= 0.6 is 0 Å². The van der Waals surface area contributed by atoms with Gasteiger partial charge in [0.15, 0.2) is 0 Å². The highest BCUT2D eigenvalue weighted by Gasteiger charge is 2.02. The topological polar surface area (TPSA) is 22.8 Å². The summed E-state index contributed by atoms with van der Waals surface area (Å²) in [4.78, 5) is 0. The third-order valence-corrected chi connectivity index (χ3v) is 2.52. The molecular formula is C11H15N3. The van der Waals surface area contributed by atoms with Gasteiger partial charge in [-0.3, -0.25) is 4.68 Å². The van der Waals surface area contributed by atoms with Crippen molar-refractivity contribution in [3.63, 3.8) is 0 Å². The molecule has 14 heavy (non-hydrogen) atoms. The molecular weight excluding hydrogens is 174 g/mol. The molecule has 0 bridgehead atoms. The van der Waals surface area contributed by atoms with Crippen LogP contribution in [0.25, 0.3) is 0 Å². The summed E-state index contributed by atoms with van der Waals surface area (Å²) in [6, 6.07) is 4.29. The van der Waals surface area contributed by atoms with Crippen molar-refractivity contribution in [3.8, 4) is 0 Å². The van der Waals surface area contributed by atoms with Crippen LogP contribution in [0.15, 0.2) is 24.5 Å². The van der Waals surface area contributed by atoms with Crippen molar-refractivity contribution in [1.82, 2.24) is 14.3 Å². The molecule has 0 radical (unpaired) electrons. The molecule has 0 saturated heterocycles. The van der Waals surface area contributed by atoms with Gasteiger partial charge in [-0.05, 0) is 26.0 Å². The summed E-state index contributed by atoms with van der Waals surface area (Å²) in [5.74, 6) is 0. The first-order valence-corrected chi connectivity index (χ1v) is 4.77. The van der Waals surface area contributed by atoms with E-state index < -0.39 is 0 Å². The molecule has 0 aliphatic heterocycles. The molecule has 2 rings (SSSR count). The largest absolute Gasteiger partial charge is 0.345 e. The Morgan fingerprint density at radius 3 is 2.36 bits per heavy atom. The second-order valence-electron chi connectivity index (χ2n) is 3.72. The minimum Gasteiger partial charge on any atom is -0.345 e. The SMILES string of the molecule is Cc1ccc(C)n1Cc1cnn(C)c1. The summed E-state index contributed by atoms with van der Waals surface area (Å²) >= 11 is 0. The van der Waals surface area contributed by atoms with E-state index in [9.17, 15) is 0 Å². The van der Waals surface area contributed by atoms with Crippen LogP contribution in [0.3, 0.4) is 0 Å². The van der Waals surface area contributed by atoms with Crippen LogP contribution in [0.4, 0.5) is 0 Å². The first kappa shape index (κ1) is 9.06. The van der Waals surface area contributed by atoms with Gasteiger partial charge in [0.1, 0.15) is 0 Å². The van der Waals surface area contributed by atoms with Crippen molar-refractivity contribution in [3.05, 3.63) is 41.5 Å². The summed E-state index contributed by atoms with van der Waals surface area (Å²) in [6.07, 6.45) is 3.97. The molecule has 0 fully saturated rings. The molecule has 0 amide bonds. The minimum absolute atomic E-state index is 0.915. The second kappa shape index (κ2) is 3.33. The van der Waals surface area contributed by atoms with Gasteiger partial charge in [0.25, 0.3) is 0 Å². The zero-order chi connectivity index (χ0) is 10.1. The van der Waals surface area contributed by atoms with Crippen LogP contribution < -0.4 is 0 Å². The molecule has 74 valence electrons. The maximum Gasteiger partial charge on any atom is 0.0539 e. The Morgan fingerprint density at radius 2 is 1.86 bits per heavy atom. The molecule has 3 heteroatoms. The average Bonchev–Trinajstić information content (AvgIpc) is 2.67. The van der Waals surface area contributed by atoms with E-state index >= 15 is 0 Å². The van der Waals surface area contributed by atoms with Gasteiger partial charge in [-0.2, -0.15) is 5.10 Å². The number of aromatic nitrogens is 3. The van der Waals surface area contributed by atoms with Gasteiger partial charge in [-0.25, -0.2) is 0 Å². The van der Waals surface area contributed by atoms with Crippen LogP contribution in [0.5, 0.6) is 0 Å². The van der Waals surface area contributed by atoms with Crippen LogP contribution in [0.1, 0.15) is 17.0 Å². The molecule has 0 N–H and O–H groups in total. The highest BCUT2D eigenvalue weighted by atomic mass is 15.2. The first-order valence-electron chi connectivity index (χ1n) is 4.77. The molecule has 3 nitrogen and oxygen atoms in total. The van der Waals surface area contributed by atoms with Crippen molar-refractivity contribution in [2.75, 3.05) is 0 Å². The average molecular weight is 189 g/mol. The van der Waals surface area contributed by atoms with Crippen LogP contribution in [-0.2, 0) is 13.6 Å². The molecule has 0 aliphatic carbocycles. The van der Waals surface area contributed by atoms with Crippen LogP contribution in [0, 0.1) is 13.8 Å². The van der Waals surface area contributed by atoms with Gasteiger partial charge in [-0.15, -0.1) is 0 Å². The molecule has 2 aromatic rings. The quantitative estimate of drug-likeness (QED) is 0.707. The van der Waals surface area contributed by atoms with Gasteiger partial charge in [-0.1, -0.05) is 0 Å². The summed E-state index contributed by atoms with van der Waals surface area (Å²) in [6.45, 7) is 5.17. The van der Waals surface area contributed by atoms with E-state index in [1.165, 1.54) is 17.0 Å². The van der Waals surface area contributed by atoms with Crippen molar-refractivity contribution >= 4 is 0 Å². The second-order valence-corrected chi connectivity index (χ2v) is 3.72. The summed E-state index contributed by atoms with van der Waals surface area (Å²) in [5.41, 5.74) is 3.84. The monoisotopic (exact) mass is 189 g/mol. The Morgan fingerprint density at radius 1 is 1.21 bits per heavy atom. The Hall–Kier alpha value is -1.51. The zero-order valence-electron chi connectivity index (χ0n) is 8.86. The van der Waals surface area contributed by atoms with E-state index in [1.807, 2.05) is 17.9 Å². The Labute approximate surface area is 84.0 Å². The molecule has 2 heterocycles. The van der Waals surface area contributed by atoms with E-state index in [0.29, 0.717) is 0 Å². The number of nitrogens with zero attached hydrogens (tertiary/aromatic N) is 3. The number of aryl methyl sites for hydroxylation is 3. The highest BCUT2D eigenvalue weighted by molar-refractivity contribution is 5.17. The Kier molecular flexibility index (Phi) is 2.15. The molecule has 0 saturated carbocycles. The lowest BCUT2D eigenvalue weighted by Crippen LogP contribution is -2.02. The van der Waals surface area contributed by atoms with Gasteiger partial charge >= 0.3 is 0 Å². The van der Waals surface area contributed by atoms with Crippen molar-refractivity contribution in [2.45, 2.75) is 20.4 Å². The highest BCUT2D eigenvalue weighted by Crippen LogP contribution is 2.10. The molecule has 2 aromatic heterocycles. The Balaban J connectivity index is 2.26. The maximum absolute atomic E-state index is 4.16. The van der Waals surface area contributed by atoms with E-state index in [0.717, 1.165) is 6.54 Å². The van der Waals surface area contributed by atoms with Gasteiger partial charge in [0.2, 0.25) is 0 Å². The molecule has 0 atom stereocenters. The predicted molar refractivity (Wildman–Crippen MR) is 56.2 cm³/mol. The van der Waals surface area contributed by atoms with Gasteiger partial charge < -0.3 is 4.57 Å². The Bertz CT molecular complexity index is 418. The zero-order valence-corrected chi connectivity index (χ0v) is 8.86. The van der Waals surface area contributed by atoms with E-state index in [-0.39, 0.29) is 0 Å². The lowest BCUT2D eigenvalue weighted by atomic mass is 10.3. The summed E-state index contributed by atoms with van der Waals surface area (Å²) in [5, 5.41) is 4.16. The van der Waals surface area contributed by atoms with E-state index in [1.54, 1.807) is 0 Å². The van der Waals surface area contributed by atoms with Crippen molar-refractivity contribution in [2.24, 2.45) is 7.05 Å². The van der Waals surface area contributed by atoms with Gasteiger partial charge in [0, 0.05) is 30.2 Å². The molecule has 0 aliphatic rings. The maximum atomic E-state index is 4.16. The number of rotatable bonds is 2. The van der Waals surface area contributed by atoms with Gasteiger partial charge in [0.05, 0.1) is 12.7 Å². The number of hydrogen-bond donors (Lipinski definition) is 0. The minimum atomic E-state index is 0.915. The smallest absolute Gasteiger partial charge is 0.0539 e.